The molecule has 4 nitrogen and oxygen atoms in total. The van der Waals surface area contributed by atoms with E-state index in [2.05, 4.69) is 42.5 Å². The highest BCUT2D eigenvalue weighted by Crippen LogP contribution is 2.58. The number of hydrogen-bond donors (Lipinski definition) is 2. The Morgan fingerprint density at radius 2 is 2.08 bits per heavy atom. The summed E-state index contributed by atoms with van der Waals surface area (Å²) in [6, 6.07) is 6.89. The van der Waals surface area contributed by atoms with Crippen molar-refractivity contribution in [2.24, 2.45) is 5.41 Å². The van der Waals surface area contributed by atoms with E-state index in [1.165, 1.54) is 16.7 Å². The summed E-state index contributed by atoms with van der Waals surface area (Å²) >= 11 is 0. The van der Waals surface area contributed by atoms with E-state index >= 15 is 0 Å². The van der Waals surface area contributed by atoms with Crippen LogP contribution in [0.15, 0.2) is 30.9 Å². The minimum Gasteiger partial charge on any atom is -0.381 e. The Morgan fingerprint density at radius 3 is 2.72 bits per heavy atom. The first-order chi connectivity index (χ1) is 12.1. The summed E-state index contributed by atoms with van der Waals surface area (Å²) in [5.41, 5.74) is 7.03. The van der Waals surface area contributed by atoms with Crippen LogP contribution in [0.2, 0.25) is 0 Å². The third-order valence-electron chi connectivity index (χ3n) is 6.36. The summed E-state index contributed by atoms with van der Waals surface area (Å²) in [6.07, 6.45) is 7.96. The molecule has 0 heterocycles. The Labute approximate surface area is 151 Å². The van der Waals surface area contributed by atoms with E-state index < -0.39 is 0 Å². The number of nitrogens with one attached hydrogen (secondary N) is 2. The second-order valence-corrected chi connectivity index (χ2v) is 7.62. The summed E-state index contributed by atoms with van der Waals surface area (Å²) < 4.78 is 5.64. The molecule has 1 spiro atoms. The molecule has 1 aromatic rings. The topological polar surface area (TPSA) is 42.5 Å². The molecule has 0 aliphatic heterocycles. The number of methoxy groups -OCH3 is 1. The molecule has 0 radical (unpaired) electrons. The summed E-state index contributed by atoms with van der Waals surface area (Å²) in [6.45, 7) is 7.49. The average molecular weight is 344 g/mol. The molecule has 25 heavy (non-hydrogen) atoms. The van der Waals surface area contributed by atoms with Gasteiger partial charge in [-0.2, -0.15) is 0 Å². The van der Waals surface area contributed by atoms with Gasteiger partial charge in [0.1, 0.15) is 0 Å². The highest BCUT2D eigenvalue weighted by molar-refractivity contribution is 5.45. The van der Waals surface area contributed by atoms with Gasteiger partial charge in [-0.05, 0) is 55.6 Å². The second-order valence-electron chi connectivity index (χ2n) is 7.62. The summed E-state index contributed by atoms with van der Waals surface area (Å²) in [5.74, 6) is 0. The molecule has 2 aliphatic rings. The Hall–Kier alpha value is -1.20. The molecule has 1 saturated carbocycles. The predicted molar refractivity (Wildman–Crippen MR) is 101 cm³/mol. The van der Waals surface area contributed by atoms with Crippen LogP contribution in [0.25, 0.3) is 0 Å². The van der Waals surface area contributed by atoms with Crippen LogP contribution < -0.4 is 10.8 Å². The van der Waals surface area contributed by atoms with Crippen molar-refractivity contribution in [1.82, 2.24) is 10.8 Å². The fourth-order valence-corrected chi connectivity index (χ4v) is 5.02. The second kappa shape index (κ2) is 7.58. The van der Waals surface area contributed by atoms with Gasteiger partial charge in [-0.1, -0.05) is 29.8 Å². The zero-order valence-electron chi connectivity index (χ0n) is 15.9. The first kappa shape index (κ1) is 18.6. The third-order valence-corrected chi connectivity index (χ3v) is 6.36. The lowest BCUT2D eigenvalue weighted by Crippen LogP contribution is -2.58. The summed E-state index contributed by atoms with van der Waals surface area (Å²) in [4.78, 5) is 5.82. The van der Waals surface area contributed by atoms with Gasteiger partial charge in [-0.15, -0.1) is 6.58 Å². The third kappa shape index (κ3) is 3.17. The first-order valence-electron chi connectivity index (χ1n) is 9.38. The van der Waals surface area contributed by atoms with E-state index in [1.807, 2.05) is 20.2 Å². The van der Waals surface area contributed by atoms with Crippen LogP contribution in [0.3, 0.4) is 0 Å². The molecule has 1 unspecified atom stereocenters. The van der Waals surface area contributed by atoms with E-state index in [1.54, 1.807) is 0 Å². The fourth-order valence-electron chi connectivity index (χ4n) is 5.02. The van der Waals surface area contributed by atoms with Crippen molar-refractivity contribution in [3.05, 3.63) is 47.5 Å². The number of aryl methyl sites for hydroxylation is 1. The molecule has 1 aromatic carbocycles. The fraction of sp³-hybridized carbons (Fsp3) is 0.619. The van der Waals surface area contributed by atoms with Crippen LogP contribution in [-0.4, -0.2) is 33.4 Å². The summed E-state index contributed by atoms with van der Waals surface area (Å²) in [7, 11) is 3.67. The van der Waals surface area contributed by atoms with Crippen LogP contribution in [0, 0.1) is 12.3 Å². The Balaban J connectivity index is 2.05. The molecular formula is C21H32N2O2. The van der Waals surface area contributed by atoms with E-state index in [0.29, 0.717) is 12.7 Å². The number of ether oxygens (including phenoxy) is 1. The van der Waals surface area contributed by atoms with Crippen molar-refractivity contribution in [2.45, 2.75) is 50.7 Å². The number of rotatable bonds is 7. The van der Waals surface area contributed by atoms with Crippen molar-refractivity contribution < 1.29 is 9.57 Å². The van der Waals surface area contributed by atoms with Crippen LogP contribution in [-0.2, 0) is 21.5 Å². The lowest BCUT2D eigenvalue weighted by molar-refractivity contribution is -0.0714. The molecule has 1 atom stereocenters. The maximum Gasteiger partial charge on any atom is 0.0911 e. The van der Waals surface area contributed by atoms with E-state index in [0.717, 1.165) is 38.6 Å². The number of hydrogen-bond acceptors (Lipinski definition) is 4. The number of benzene rings is 1. The predicted octanol–water partition coefficient (Wildman–Crippen LogP) is 3.25. The molecule has 2 N–H and O–H groups in total. The molecule has 1 fully saturated rings. The average Bonchev–Trinajstić information content (AvgIpc) is 2.88. The van der Waals surface area contributed by atoms with Crippen molar-refractivity contribution >= 4 is 0 Å². The lowest BCUT2D eigenvalue weighted by Gasteiger charge is -2.50. The van der Waals surface area contributed by atoms with Gasteiger partial charge >= 0.3 is 0 Å². The monoisotopic (exact) mass is 344 g/mol. The van der Waals surface area contributed by atoms with Crippen LogP contribution >= 0.6 is 0 Å². The zero-order valence-corrected chi connectivity index (χ0v) is 15.9. The van der Waals surface area contributed by atoms with Gasteiger partial charge in [0.05, 0.1) is 18.2 Å². The quantitative estimate of drug-likeness (QED) is 0.589. The van der Waals surface area contributed by atoms with Gasteiger partial charge < -0.3 is 10.1 Å². The van der Waals surface area contributed by atoms with Crippen molar-refractivity contribution in [2.75, 3.05) is 27.3 Å². The Kier molecular flexibility index (Phi) is 5.64. The smallest absolute Gasteiger partial charge is 0.0911 e. The number of hydroxylamine groups is 1. The zero-order chi connectivity index (χ0) is 17.9. The highest BCUT2D eigenvalue weighted by Gasteiger charge is 2.58. The van der Waals surface area contributed by atoms with E-state index in [-0.39, 0.29) is 11.0 Å². The molecule has 0 amide bonds. The van der Waals surface area contributed by atoms with Crippen LogP contribution in [0.4, 0.5) is 0 Å². The molecule has 138 valence electrons. The molecule has 0 bridgehead atoms. The standard InChI is InChI=1S/C21H32N2O2/c1-5-12-23-21(15-25-22-3)19-13-16(2)6-7-17(19)14-20(21)10-8-18(24-4)9-11-20/h5-7,13,18,22-23H,1,8-12,14-15H2,2-4H3. The normalized spacial score (nSPS) is 31.2. The molecular weight excluding hydrogens is 312 g/mol. The molecule has 4 heteroatoms. The molecule has 0 aromatic heterocycles. The summed E-state index contributed by atoms with van der Waals surface area (Å²) in [5, 5.41) is 3.83. The maximum absolute atomic E-state index is 5.82. The Bertz CT molecular complexity index is 608. The van der Waals surface area contributed by atoms with Gasteiger partial charge in [-0.3, -0.25) is 4.84 Å². The maximum atomic E-state index is 5.82. The van der Waals surface area contributed by atoms with Gasteiger partial charge in [0, 0.05) is 20.7 Å². The number of fused-ring (bicyclic) bond motifs is 1. The Morgan fingerprint density at radius 1 is 1.32 bits per heavy atom. The van der Waals surface area contributed by atoms with Crippen molar-refractivity contribution in [3.8, 4) is 0 Å². The van der Waals surface area contributed by atoms with Gasteiger partial charge in [0.25, 0.3) is 0 Å². The minimum atomic E-state index is -0.190. The highest BCUT2D eigenvalue weighted by atomic mass is 16.6. The lowest BCUT2D eigenvalue weighted by atomic mass is 9.61. The minimum absolute atomic E-state index is 0.165. The molecule has 0 saturated heterocycles. The van der Waals surface area contributed by atoms with Crippen LogP contribution in [0.1, 0.15) is 42.4 Å². The van der Waals surface area contributed by atoms with Gasteiger partial charge in [0.2, 0.25) is 0 Å². The molecule has 2 aliphatic carbocycles. The van der Waals surface area contributed by atoms with Crippen molar-refractivity contribution in [1.29, 1.82) is 0 Å². The SMILES string of the molecule is C=CCNC1(CONC)c2cc(C)ccc2CC12CCC(OC)CC2. The van der Waals surface area contributed by atoms with Crippen LogP contribution in [0.5, 0.6) is 0 Å². The van der Waals surface area contributed by atoms with E-state index in [9.17, 15) is 0 Å². The first-order valence-corrected chi connectivity index (χ1v) is 9.38. The van der Waals surface area contributed by atoms with Crippen molar-refractivity contribution in [3.63, 3.8) is 0 Å². The largest absolute Gasteiger partial charge is 0.381 e. The van der Waals surface area contributed by atoms with Gasteiger partial charge in [0.15, 0.2) is 0 Å². The molecule has 3 rings (SSSR count). The van der Waals surface area contributed by atoms with E-state index in [4.69, 9.17) is 9.57 Å². The van der Waals surface area contributed by atoms with Gasteiger partial charge in [-0.25, -0.2) is 5.48 Å².